The average Bonchev–Trinajstić information content (AvgIpc) is 2.43. The minimum Gasteiger partial charge on any atom is -0.388 e. The predicted molar refractivity (Wildman–Crippen MR) is 61.2 cm³/mol. The van der Waals surface area contributed by atoms with E-state index in [9.17, 15) is 5.11 Å². The van der Waals surface area contributed by atoms with Gasteiger partial charge in [-0.1, -0.05) is 19.8 Å². The normalized spacial score (nSPS) is 13.2. The molecule has 1 aromatic heterocycles. The van der Waals surface area contributed by atoms with E-state index >= 15 is 0 Å². The number of thiophene rings is 1. The van der Waals surface area contributed by atoms with E-state index < -0.39 is 0 Å². The van der Waals surface area contributed by atoms with E-state index in [2.05, 4.69) is 35.8 Å². The quantitative estimate of drug-likeness (QED) is 0.869. The average molecular weight is 263 g/mol. The fourth-order valence-corrected chi connectivity index (χ4v) is 2.78. The zero-order valence-corrected chi connectivity index (χ0v) is 10.4. The molecule has 1 unspecified atom stereocenters. The van der Waals surface area contributed by atoms with Crippen LogP contribution >= 0.6 is 27.3 Å². The summed E-state index contributed by atoms with van der Waals surface area (Å²) in [6.07, 6.45) is 2.84. The van der Waals surface area contributed by atoms with Gasteiger partial charge in [0.1, 0.15) is 0 Å². The van der Waals surface area contributed by atoms with Crippen molar-refractivity contribution in [3.8, 4) is 0 Å². The predicted octanol–water partition coefficient (Wildman–Crippen LogP) is 4.04. The Bertz CT molecular complexity index is 250. The van der Waals surface area contributed by atoms with Gasteiger partial charge in [0.15, 0.2) is 0 Å². The van der Waals surface area contributed by atoms with Crippen LogP contribution in [0.4, 0.5) is 0 Å². The SMILES string of the molecule is CCCCC(O)c1cc(C)c(Br)s1. The first-order valence-electron chi connectivity index (χ1n) is 4.59. The molecular formula is C10H15BrOS. The number of rotatable bonds is 4. The van der Waals surface area contributed by atoms with Crippen LogP contribution in [0, 0.1) is 6.92 Å². The molecule has 0 radical (unpaired) electrons. The minimum absolute atomic E-state index is 0.269. The molecule has 74 valence electrons. The van der Waals surface area contributed by atoms with Crippen LogP contribution in [0.2, 0.25) is 0 Å². The summed E-state index contributed by atoms with van der Waals surface area (Å²) in [7, 11) is 0. The van der Waals surface area contributed by atoms with Crippen LogP contribution in [0.5, 0.6) is 0 Å². The second-order valence-corrected chi connectivity index (χ2v) is 5.67. The Morgan fingerprint density at radius 2 is 2.31 bits per heavy atom. The number of hydrogen-bond donors (Lipinski definition) is 1. The molecule has 1 atom stereocenters. The van der Waals surface area contributed by atoms with E-state index in [0.717, 1.165) is 27.9 Å². The highest BCUT2D eigenvalue weighted by Gasteiger charge is 2.11. The van der Waals surface area contributed by atoms with Crippen molar-refractivity contribution < 1.29 is 5.11 Å². The van der Waals surface area contributed by atoms with Crippen LogP contribution in [0.3, 0.4) is 0 Å². The Kier molecular flexibility index (Phi) is 4.42. The number of aliphatic hydroxyl groups is 1. The van der Waals surface area contributed by atoms with Crippen molar-refractivity contribution in [3.05, 3.63) is 20.3 Å². The van der Waals surface area contributed by atoms with Crippen molar-refractivity contribution in [1.29, 1.82) is 0 Å². The van der Waals surface area contributed by atoms with E-state index in [0.29, 0.717) is 0 Å². The zero-order chi connectivity index (χ0) is 9.84. The Hall–Kier alpha value is 0.140. The van der Waals surface area contributed by atoms with E-state index in [-0.39, 0.29) is 6.10 Å². The monoisotopic (exact) mass is 262 g/mol. The second kappa shape index (κ2) is 5.13. The van der Waals surface area contributed by atoms with Crippen LogP contribution in [-0.2, 0) is 0 Å². The van der Waals surface area contributed by atoms with Gasteiger partial charge in [0.2, 0.25) is 0 Å². The summed E-state index contributed by atoms with van der Waals surface area (Å²) in [6, 6.07) is 2.06. The number of halogens is 1. The van der Waals surface area contributed by atoms with Crippen molar-refractivity contribution >= 4 is 27.3 Å². The molecule has 0 amide bonds. The number of aryl methyl sites for hydroxylation is 1. The van der Waals surface area contributed by atoms with Crippen LogP contribution < -0.4 is 0 Å². The molecule has 0 aromatic carbocycles. The van der Waals surface area contributed by atoms with E-state index in [1.807, 2.05) is 0 Å². The first-order valence-corrected chi connectivity index (χ1v) is 6.20. The Labute approximate surface area is 91.9 Å². The first kappa shape index (κ1) is 11.2. The third-order valence-electron chi connectivity index (χ3n) is 2.04. The van der Waals surface area contributed by atoms with Gasteiger partial charge in [0.05, 0.1) is 9.89 Å². The highest BCUT2D eigenvalue weighted by molar-refractivity contribution is 9.11. The van der Waals surface area contributed by atoms with Gasteiger partial charge < -0.3 is 5.11 Å². The Morgan fingerprint density at radius 1 is 1.62 bits per heavy atom. The number of hydrogen-bond acceptors (Lipinski definition) is 2. The molecule has 1 aromatic rings. The molecule has 0 aliphatic carbocycles. The summed E-state index contributed by atoms with van der Waals surface area (Å²) in [6.45, 7) is 4.19. The smallest absolute Gasteiger partial charge is 0.0882 e. The van der Waals surface area contributed by atoms with Gasteiger partial charge in [-0.2, -0.15) is 0 Å². The summed E-state index contributed by atoms with van der Waals surface area (Å²) in [4.78, 5) is 1.08. The Balaban J connectivity index is 2.60. The van der Waals surface area contributed by atoms with Gasteiger partial charge in [-0.05, 0) is 40.9 Å². The molecule has 0 saturated carbocycles. The summed E-state index contributed by atoms with van der Waals surface area (Å²) in [5, 5.41) is 9.78. The highest BCUT2D eigenvalue weighted by atomic mass is 79.9. The lowest BCUT2D eigenvalue weighted by atomic mass is 10.1. The molecule has 1 rings (SSSR count). The van der Waals surface area contributed by atoms with Crippen molar-refractivity contribution in [3.63, 3.8) is 0 Å². The summed E-state index contributed by atoms with van der Waals surface area (Å²) in [5.74, 6) is 0. The molecule has 0 bridgehead atoms. The van der Waals surface area contributed by atoms with Crippen LogP contribution in [0.15, 0.2) is 9.85 Å². The maximum absolute atomic E-state index is 9.78. The molecule has 0 fully saturated rings. The first-order chi connectivity index (χ1) is 6.15. The molecule has 1 nitrogen and oxygen atoms in total. The van der Waals surface area contributed by atoms with Gasteiger partial charge in [-0.3, -0.25) is 0 Å². The lowest BCUT2D eigenvalue weighted by Gasteiger charge is -2.06. The molecule has 1 heterocycles. The van der Waals surface area contributed by atoms with Crippen LogP contribution in [-0.4, -0.2) is 5.11 Å². The van der Waals surface area contributed by atoms with Crippen molar-refractivity contribution in [1.82, 2.24) is 0 Å². The maximum atomic E-state index is 9.78. The van der Waals surface area contributed by atoms with Crippen molar-refractivity contribution in [2.24, 2.45) is 0 Å². The summed E-state index contributed by atoms with van der Waals surface area (Å²) < 4.78 is 1.14. The van der Waals surface area contributed by atoms with Crippen molar-refractivity contribution in [2.75, 3.05) is 0 Å². The fourth-order valence-electron chi connectivity index (χ4n) is 1.19. The number of unbranched alkanes of at least 4 members (excludes halogenated alkanes) is 1. The largest absolute Gasteiger partial charge is 0.388 e. The third kappa shape index (κ3) is 3.08. The van der Waals surface area contributed by atoms with Crippen molar-refractivity contribution in [2.45, 2.75) is 39.2 Å². The van der Waals surface area contributed by atoms with Gasteiger partial charge in [-0.25, -0.2) is 0 Å². The molecule has 3 heteroatoms. The molecule has 0 spiro atoms. The van der Waals surface area contributed by atoms with E-state index in [1.165, 1.54) is 5.56 Å². The van der Waals surface area contributed by atoms with E-state index in [4.69, 9.17) is 0 Å². The van der Waals surface area contributed by atoms with Gasteiger partial charge in [-0.15, -0.1) is 11.3 Å². The third-order valence-corrected chi connectivity index (χ3v) is 4.27. The lowest BCUT2D eigenvalue weighted by Crippen LogP contribution is -1.93. The van der Waals surface area contributed by atoms with Gasteiger partial charge in [0, 0.05) is 4.88 Å². The molecule has 1 N–H and O–H groups in total. The van der Waals surface area contributed by atoms with Crippen LogP contribution in [0.1, 0.15) is 42.7 Å². The fraction of sp³-hybridized carbons (Fsp3) is 0.600. The summed E-state index contributed by atoms with van der Waals surface area (Å²) in [5.41, 5.74) is 1.22. The van der Waals surface area contributed by atoms with Gasteiger partial charge in [0.25, 0.3) is 0 Å². The number of aliphatic hydroxyl groups excluding tert-OH is 1. The van der Waals surface area contributed by atoms with Gasteiger partial charge >= 0.3 is 0 Å². The minimum atomic E-state index is -0.269. The molecule has 13 heavy (non-hydrogen) atoms. The standard InChI is InChI=1S/C10H15BrOS/c1-3-4-5-8(12)9-6-7(2)10(11)13-9/h6,8,12H,3-5H2,1-2H3. The van der Waals surface area contributed by atoms with Crippen LogP contribution in [0.25, 0.3) is 0 Å². The van der Waals surface area contributed by atoms with E-state index in [1.54, 1.807) is 11.3 Å². The topological polar surface area (TPSA) is 20.2 Å². The Morgan fingerprint density at radius 3 is 2.77 bits per heavy atom. The zero-order valence-electron chi connectivity index (χ0n) is 8.01. The maximum Gasteiger partial charge on any atom is 0.0882 e. The molecule has 0 aliphatic rings. The second-order valence-electron chi connectivity index (χ2n) is 3.26. The lowest BCUT2D eigenvalue weighted by molar-refractivity contribution is 0.168. The molecule has 0 saturated heterocycles. The molecular weight excluding hydrogens is 248 g/mol. The highest BCUT2D eigenvalue weighted by Crippen LogP contribution is 2.33. The molecule has 0 aliphatic heterocycles. The summed E-state index contributed by atoms with van der Waals surface area (Å²) >= 11 is 5.10.